The van der Waals surface area contributed by atoms with Crippen molar-refractivity contribution in [3.05, 3.63) is 107 Å². The van der Waals surface area contributed by atoms with Crippen LogP contribution in [0.1, 0.15) is 66.5 Å². The number of nitrogens with two attached hydrogens (primary N) is 2. The number of carbonyl (C=O) groups is 5. The first-order valence-electron chi connectivity index (χ1n) is 17.9. The number of hydrogen-bond donors (Lipinski definition) is 2. The predicted octanol–water partition coefficient (Wildman–Crippen LogP) is 4.89. The third-order valence-electron chi connectivity index (χ3n) is 9.63. The molecule has 56 heavy (non-hydrogen) atoms. The summed E-state index contributed by atoms with van der Waals surface area (Å²) < 4.78 is 80.3. The lowest BCUT2D eigenvalue weighted by molar-refractivity contribution is -0.148. The van der Waals surface area contributed by atoms with Gasteiger partial charge in [-0.15, -0.1) is 0 Å². The summed E-state index contributed by atoms with van der Waals surface area (Å²) in [5.74, 6) is -3.71. The minimum absolute atomic E-state index is 0.0767. The fourth-order valence-electron chi connectivity index (χ4n) is 6.55. The Hall–Kier alpha value is -5.45. The van der Waals surface area contributed by atoms with Gasteiger partial charge in [0.2, 0.25) is 29.5 Å². The first-order chi connectivity index (χ1) is 26.4. The van der Waals surface area contributed by atoms with E-state index in [0.717, 1.165) is 76.1 Å². The van der Waals surface area contributed by atoms with Crippen LogP contribution in [-0.2, 0) is 49.4 Å². The number of nitrogens with zero attached hydrogens (tertiary/aromatic N) is 4. The van der Waals surface area contributed by atoms with Gasteiger partial charge in [0.1, 0.15) is 19.6 Å². The van der Waals surface area contributed by atoms with Gasteiger partial charge in [-0.3, -0.25) is 24.0 Å². The van der Waals surface area contributed by atoms with E-state index in [1.807, 2.05) is 0 Å². The van der Waals surface area contributed by atoms with Gasteiger partial charge in [0.15, 0.2) is 0 Å². The first-order valence-corrected chi connectivity index (χ1v) is 17.9. The molecular formula is C39H44F6N6O5. The van der Waals surface area contributed by atoms with E-state index in [1.54, 1.807) is 30.3 Å². The third-order valence-corrected chi connectivity index (χ3v) is 9.63. The predicted molar refractivity (Wildman–Crippen MR) is 193 cm³/mol. The van der Waals surface area contributed by atoms with Gasteiger partial charge < -0.3 is 31.1 Å². The van der Waals surface area contributed by atoms with E-state index in [0.29, 0.717) is 18.4 Å². The summed E-state index contributed by atoms with van der Waals surface area (Å²) in [6.45, 7) is -1.88. The van der Waals surface area contributed by atoms with E-state index in [2.05, 4.69) is 0 Å². The van der Waals surface area contributed by atoms with Gasteiger partial charge in [-0.05, 0) is 60.7 Å². The van der Waals surface area contributed by atoms with Crippen LogP contribution in [0.3, 0.4) is 0 Å². The van der Waals surface area contributed by atoms with Crippen molar-refractivity contribution in [3.8, 4) is 0 Å². The van der Waals surface area contributed by atoms with Crippen LogP contribution in [0.25, 0.3) is 0 Å². The van der Waals surface area contributed by atoms with Crippen LogP contribution < -0.4 is 11.5 Å². The molecule has 4 rings (SSSR count). The van der Waals surface area contributed by atoms with E-state index >= 15 is 0 Å². The largest absolute Gasteiger partial charge is 0.416 e. The molecule has 0 aromatic heterocycles. The summed E-state index contributed by atoms with van der Waals surface area (Å²) in [7, 11) is 0. The maximum absolute atomic E-state index is 14.3. The van der Waals surface area contributed by atoms with E-state index in [9.17, 15) is 50.3 Å². The van der Waals surface area contributed by atoms with Crippen molar-refractivity contribution < 1.29 is 50.3 Å². The Morgan fingerprint density at radius 2 is 1.12 bits per heavy atom. The molecule has 0 spiro atoms. The highest BCUT2D eigenvalue weighted by atomic mass is 19.4. The van der Waals surface area contributed by atoms with Crippen molar-refractivity contribution in [3.63, 3.8) is 0 Å². The summed E-state index contributed by atoms with van der Waals surface area (Å²) in [5, 5.41) is 0. The van der Waals surface area contributed by atoms with Crippen molar-refractivity contribution >= 4 is 29.5 Å². The molecule has 11 nitrogen and oxygen atoms in total. The zero-order valence-electron chi connectivity index (χ0n) is 30.7. The molecule has 1 saturated carbocycles. The minimum atomic E-state index is -4.65. The standard InChI is InChI=1S/C39H44F6N6O5/c1-26(29-13-17-31(18-14-29)39(43,44)45)50(37(56)25-51(34(53)19-46)32-9-5-6-10-32)24-36(55)49(21-28-11-15-30(16-12-28)38(40,41)42)23-35(54)48(22-33(47)52)20-27-7-3-2-4-8-27/h2-4,7-8,11-18,26,32H,5-6,9-10,19-25,46H2,1H3,(H2,47,52). The number of rotatable bonds is 16. The molecule has 4 N–H and O–H groups in total. The molecule has 1 fully saturated rings. The molecule has 0 aliphatic heterocycles. The molecule has 0 saturated heterocycles. The van der Waals surface area contributed by atoms with E-state index in [1.165, 1.54) is 11.8 Å². The number of amides is 5. The minimum Gasteiger partial charge on any atom is -0.368 e. The molecule has 0 bridgehead atoms. The van der Waals surface area contributed by atoms with Crippen LogP contribution in [0.2, 0.25) is 0 Å². The van der Waals surface area contributed by atoms with Crippen LogP contribution in [0.5, 0.6) is 0 Å². The Morgan fingerprint density at radius 3 is 1.62 bits per heavy atom. The third kappa shape index (κ3) is 12.0. The highest BCUT2D eigenvalue weighted by molar-refractivity contribution is 5.91. The lowest BCUT2D eigenvalue weighted by Gasteiger charge is -2.35. The number of hydrogen-bond acceptors (Lipinski definition) is 6. The normalized spacial score (nSPS) is 13.9. The lowest BCUT2D eigenvalue weighted by atomic mass is 10.0. The Balaban J connectivity index is 1.71. The Labute approximate surface area is 320 Å². The zero-order valence-corrected chi connectivity index (χ0v) is 30.7. The first kappa shape index (κ1) is 43.3. The number of alkyl halides is 6. The second kappa shape index (κ2) is 18.9. The molecule has 0 heterocycles. The van der Waals surface area contributed by atoms with Crippen LogP contribution in [0.15, 0.2) is 78.9 Å². The van der Waals surface area contributed by atoms with Gasteiger partial charge >= 0.3 is 12.4 Å². The summed E-state index contributed by atoms with van der Waals surface area (Å²) in [4.78, 5) is 71.8. The number of carbonyl (C=O) groups excluding carboxylic acids is 5. The van der Waals surface area contributed by atoms with Gasteiger partial charge in [0.25, 0.3) is 0 Å². The van der Waals surface area contributed by atoms with E-state index in [4.69, 9.17) is 11.5 Å². The number of halogens is 6. The van der Waals surface area contributed by atoms with Crippen LogP contribution in [-0.4, -0.2) is 87.9 Å². The van der Waals surface area contributed by atoms with Gasteiger partial charge in [-0.1, -0.05) is 67.4 Å². The molecule has 302 valence electrons. The Bertz CT molecular complexity index is 1820. The molecule has 17 heteroatoms. The van der Waals surface area contributed by atoms with Crippen LogP contribution in [0.4, 0.5) is 26.3 Å². The molecule has 1 aliphatic carbocycles. The molecule has 1 aliphatic rings. The fraction of sp³-hybridized carbons (Fsp3) is 0.410. The maximum Gasteiger partial charge on any atom is 0.416 e. The monoisotopic (exact) mass is 790 g/mol. The van der Waals surface area contributed by atoms with Gasteiger partial charge in [-0.25, -0.2) is 0 Å². The Kier molecular flexibility index (Phi) is 14.6. The average Bonchev–Trinajstić information content (AvgIpc) is 3.69. The summed E-state index contributed by atoms with van der Waals surface area (Å²) in [5.41, 5.74) is 10.3. The zero-order chi connectivity index (χ0) is 41.2. The Morgan fingerprint density at radius 1 is 0.643 bits per heavy atom. The summed E-state index contributed by atoms with van der Waals surface area (Å²) in [6.07, 6.45) is -6.46. The highest BCUT2D eigenvalue weighted by Gasteiger charge is 2.35. The molecule has 1 unspecified atom stereocenters. The van der Waals surface area contributed by atoms with Crippen molar-refractivity contribution in [1.29, 1.82) is 0 Å². The van der Waals surface area contributed by atoms with Crippen molar-refractivity contribution in [2.75, 3.05) is 32.7 Å². The summed E-state index contributed by atoms with van der Waals surface area (Å²) >= 11 is 0. The van der Waals surface area contributed by atoms with Crippen molar-refractivity contribution in [2.45, 2.75) is 70.1 Å². The fourth-order valence-corrected chi connectivity index (χ4v) is 6.55. The van der Waals surface area contributed by atoms with Gasteiger partial charge in [-0.2, -0.15) is 26.3 Å². The second-order valence-corrected chi connectivity index (χ2v) is 13.6. The van der Waals surface area contributed by atoms with Crippen LogP contribution in [0, 0.1) is 0 Å². The molecule has 0 radical (unpaired) electrons. The lowest BCUT2D eigenvalue weighted by Crippen LogP contribution is -2.52. The maximum atomic E-state index is 14.3. The molecule has 1 atom stereocenters. The van der Waals surface area contributed by atoms with Gasteiger partial charge in [0.05, 0.1) is 30.3 Å². The van der Waals surface area contributed by atoms with Gasteiger partial charge in [0, 0.05) is 19.1 Å². The van der Waals surface area contributed by atoms with Crippen molar-refractivity contribution in [2.24, 2.45) is 11.5 Å². The molecule has 3 aromatic rings. The molecular weight excluding hydrogens is 746 g/mol. The van der Waals surface area contributed by atoms with E-state index in [-0.39, 0.29) is 23.7 Å². The second-order valence-electron chi connectivity index (χ2n) is 13.6. The molecule has 3 aromatic carbocycles. The average molecular weight is 791 g/mol. The number of benzene rings is 3. The smallest absolute Gasteiger partial charge is 0.368 e. The van der Waals surface area contributed by atoms with E-state index < -0.39 is 98.3 Å². The number of primary amides is 1. The van der Waals surface area contributed by atoms with Crippen LogP contribution >= 0.6 is 0 Å². The quantitative estimate of drug-likeness (QED) is 0.198. The molecule has 5 amide bonds. The highest BCUT2D eigenvalue weighted by Crippen LogP contribution is 2.32. The topological polar surface area (TPSA) is 150 Å². The van der Waals surface area contributed by atoms with Crippen molar-refractivity contribution in [1.82, 2.24) is 19.6 Å². The summed E-state index contributed by atoms with van der Waals surface area (Å²) in [6, 6.07) is 15.1. The SMILES string of the molecule is CC(c1ccc(C(F)(F)F)cc1)N(CC(=O)N(CC(=O)N(CC(N)=O)Cc1ccccc1)Cc1ccc(C(F)(F)F)cc1)C(=O)CN(C(=O)CN)C1CCCC1.